The Kier molecular flexibility index (Phi) is 1.28. The minimum Gasteiger partial charge on any atom is -0.469 e. The zero-order chi connectivity index (χ0) is 7.68. The molecule has 0 radical (unpaired) electrons. The number of hydrogen-bond acceptors (Lipinski definition) is 3. The van der Waals surface area contributed by atoms with E-state index in [1.165, 1.54) is 0 Å². The van der Waals surface area contributed by atoms with E-state index in [2.05, 4.69) is 0 Å². The molecule has 0 aliphatic carbocycles. The monoisotopic (exact) mass is 149 g/mol. The van der Waals surface area contributed by atoms with E-state index < -0.39 is 0 Å². The Morgan fingerprint density at radius 3 is 3.36 bits per heavy atom. The van der Waals surface area contributed by atoms with Gasteiger partial charge in [0, 0.05) is 18.3 Å². The summed E-state index contributed by atoms with van der Waals surface area (Å²) in [7, 11) is 0. The molecule has 0 fully saturated rings. The van der Waals surface area contributed by atoms with Gasteiger partial charge < -0.3 is 9.64 Å². The molecule has 0 saturated heterocycles. The van der Waals surface area contributed by atoms with Gasteiger partial charge in [-0.25, -0.2) is 0 Å². The van der Waals surface area contributed by atoms with Crippen molar-refractivity contribution in [1.29, 1.82) is 0 Å². The van der Waals surface area contributed by atoms with Gasteiger partial charge in [0.25, 0.3) is 0 Å². The van der Waals surface area contributed by atoms with Gasteiger partial charge >= 0.3 is 0 Å². The van der Waals surface area contributed by atoms with Crippen molar-refractivity contribution in [2.75, 3.05) is 6.54 Å². The summed E-state index contributed by atoms with van der Waals surface area (Å²) in [5, 5.41) is 0. The second-order valence-electron chi connectivity index (χ2n) is 2.35. The van der Waals surface area contributed by atoms with Gasteiger partial charge in [-0.15, -0.1) is 0 Å². The first-order valence-corrected chi connectivity index (χ1v) is 3.36. The van der Waals surface area contributed by atoms with Crippen molar-refractivity contribution < 1.29 is 9.53 Å². The zero-order valence-corrected chi connectivity index (χ0v) is 5.86. The normalized spacial score (nSPS) is 20.2. The van der Waals surface area contributed by atoms with Gasteiger partial charge in [0.15, 0.2) is 6.29 Å². The minimum atomic E-state index is 0.703. The van der Waals surface area contributed by atoms with Gasteiger partial charge in [0.2, 0.25) is 0 Å². The Morgan fingerprint density at radius 1 is 1.64 bits per heavy atom. The number of rotatable bonds is 1. The molecule has 0 atom stereocenters. The predicted octanol–water partition coefficient (Wildman–Crippen LogP) is 0.770. The summed E-state index contributed by atoms with van der Waals surface area (Å²) < 4.78 is 4.93. The third-order valence-corrected chi connectivity index (χ3v) is 1.74. The first kappa shape index (κ1) is 6.22. The van der Waals surface area contributed by atoms with Crippen LogP contribution in [0.3, 0.4) is 0 Å². The highest BCUT2D eigenvalue weighted by atomic mass is 16.5. The highest BCUT2D eigenvalue weighted by molar-refractivity contribution is 5.81. The Labute approximate surface area is 64.2 Å². The molecule has 0 amide bonds. The van der Waals surface area contributed by atoms with Gasteiger partial charge in [-0.3, -0.25) is 4.79 Å². The number of aldehydes is 1. The quantitative estimate of drug-likeness (QED) is 0.516. The fraction of sp³-hybridized carbons (Fsp3) is 0.125. The van der Waals surface area contributed by atoms with E-state index in [1.807, 2.05) is 17.2 Å². The van der Waals surface area contributed by atoms with Crippen LogP contribution in [0.5, 0.6) is 0 Å². The van der Waals surface area contributed by atoms with Crippen LogP contribution in [-0.2, 0) is 9.53 Å². The second-order valence-corrected chi connectivity index (χ2v) is 2.35. The van der Waals surface area contributed by atoms with Crippen molar-refractivity contribution >= 4 is 6.29 Å². The highest BCUT2D eigenvalue weighted by Gasteiger charge is 2.19. The van der Waals surface area contributed by atoms with E-state index >= 15 is 0 Å². The maximum Gasteiger partial charge on any atom is 0.152 e. The molecule has 0 N–H and O–H groups in total. The largest absolute Gasteiger partial charge is 0.469 e. The summed E-state index contributed by atoms with van der Waals surface area (Å²) in [4.78, 5) is 12.4. The van der Waals surface area contributed by atoms with Gasteiger partial charge in [0.1, 0.15) is 12.5 Å². The van der Waals surface area contributed by atoms with Gasteiger partial charge in [-0.05, 0) is 0 Å². The lowest BCUT2D eigenvalue weighted by Gasteiger charge is -2.17. The Hall–Kier alpha value is -1.51. The van der Waals surface area contributed by atoms with Crippen molar-refractivity contribution in [3.63, 3.8) is 0 Å². The number of carbonyl (C=O) groups is 1. The molecule has 11 heavy (non-hydrogen) atoms. The summed E-state index contributed by atoms with van der Waals surface area (Å²) in [5.74, 6) is 0. The van der Waals surface area contributed by atoms with Gasteiger partial charge in [-0.1, -0.05) is 6.08 Å². The molecule has 3 heteroatoms. The van der Waals surface area contributed by atoms with Crippen LogP contribution < -0.4 is 0 Å². The van der Waals surface area contributed by atoms with Gasteiger partial charge in [0.05, 0.1) is 5.70 Å². The standard InChI is InChI=1S/C8H7NO2/c10-5-7-1-2-9-3-4-11-6-8(7)9/h1,3-6H,2H2. The van der Waals surface area contributed by atoms with Crippen molar-refractivity contribution in [3.8, 4) is 0 Å². The number of carbonyl (C=O) groups excluding carboxylic acids is 1. The zero-order valence-electron chi connectivity index (χ0n) is 5.86. The molecule has 2 rings (SSSR count). The molecule has 0 unspecified atom stereocenters. The first-order chi connectivity index (χ1) is 5.42. The van der Waals surface area contributed by atoms with Crippen LogP contribution in [0.15, 0.2) is 36.1 Å². The molecule has 0 spiro atoms. The average Bonchev–Trinajstić information content (AvgIpc) is 2.47. The predicted molar refractivity (Wildman–Crippen MR) is 39.2 cm³/mol. The van der Waals surface area contributed by atoms with E-state index in [9.17, 15) is 4.79 Å². The Morgan fingerprint density at radius 2 is 2.55 bits per heavy atom. The molecule has 2 heterocycles. The second kappa shape index (κ2) is 2.27. The molecule has 2 aliphatic rings. The minimum absolute atomic E-state index is 0.703. The van der Waals surface area contributed by atoms with Crippen molar-refractivity contribution in [2.45, 2.75) is 0 Å². The number of fused-ring (bicyclic) bond motifs is 1. The summed E-state index contributed by atoms with van der Waals surface area (Å²) in [6.45, 7) is 0.764. The number of allylic oxidation sites excluding steroid dienone is 1. The lowest BCUT2D eigenvalue weighted by molar-refractivity contribution is -0.104. The molecular formula is C8H7NO2. The smallest absolute Gasteiger partial charge is 0.152 e. The summed E-state index contributed by atoms with van der Waals surface area (Å²) >= 11 is 0. The van der Waals surface area contributed by atoms with Crippen LogP contribution in [0.25, 0.3) is 0 Å². The van der Waals surface area contributed by atoms with E-state index in [1.54, 1.807) is 12.5 Å². The lowest BCUT2D eigenvalue weighted by Crippen LogP contribution is -2.14. The first-order valence-electron chi connectivity index (χ1n) is 3.36. The number of nitrogens with zero attached hydrogens (tertiary/aromatic N) is 1. The third kappa shape index (κ3) is 0.852. The number of ether oxygens (including phenoxy) is 1. The molecular weight excluding hydrogens is 142 g/mol. The summed E-state index contributed by atoms with van der Waals surface area (Å²) in [6.07, 6.45) is 7.69. The number of hydrogen-bond donors (Lipinski definition) is 0. The average molecular weight is 149 g/mol. The van der Waals surface area contributed by atoms with Crippen molar-refractivity contribution in [1.82, 2.24) is 4.90 Å². The molecule has 0 saturated carbocycles. The molecule has 0 bridgehead atoms. The van der Waals surface area contributed by atoms with Crippen LogP contribution in [0.2, 0.25) is 0 Å². The van der Waals surface area contributed by atoms with Crippen molar-refractivity contribution in [3.05, 3.63) is 36.1 Å². The van der Waals surface area contributed by atoms with E-state index in [-0.39, 0.29) is 0 Å². The third-order valence-electron chi connectivity index (χ3n) is 1.74. The van der Waals surface area contributed by atoms with Crippen molar-refractivity contribution in [2.24, 2.45) is 0 Å². The fourth-order valence-corrected chi connectivity index (χ4v) is 1.16. The Bertz CT molecular complexity index is 276. The topological polar surface area (TPSA) is 29.5 Å². The van der Waals surface area contributed by atoms with Crippen LogP contribution in [0.1, 0.15) is 0 Å². The summed E-state index contributed by atoms with van der Waals surface area (Å²) in [5.41, 5.74) is 1.55. The van der Waals surface area contributed by atoms with Crippen LogP contribution in [0, 0.1) is 0 Å². The SMILES string of the molecule is O=CC1=CCN2C=COC=C12. The maximum atomic E-state index is 10.4. The maximum absolute atomic E-state index is 10.4. The van der Waals surface area contributed by atoms with Crippen LogP contribution in [0.4, 0.5) is 0 Å². The molecule has 56 valence electrons. The van der Waals surface area contributed by atoms with E-state index in [0.29, 0.717) is 5.57 Å². The lowest BCUT2D eigenvalue weighted by atomic mass is 10.2. The molecule has 0 aromatic rings. The molecule has 3 nitrogen and oxygen atoms in total. The van der Waals surface area contributed by atoms with Crippen LogP contribution in [-0.4, -0.2) is 17.7 Å². The summed E-state index contributed by atoms with van der Waals surface area (Å²) in [6, 6.07) is 0. The fourth-order valence-electron chi connectivity index (χ4n) is 1.16. The Balaban J connectivity index is 2.31. The molecule has 0 aromatic carbocycles. The van der Waals surface area contributed by atoms with Gasteiger partial charge in [-0.2, -0.15) is 0 Å². The van der Waals surface area contributed by atoms with E-state index in [4.69, 9.17) is 4.74 Å². The molecule has 2 aliphatic heterocycles. The molecule has 0 aromatic heterocycles. The van der Waals surface area contributed by atoms with Crippen LogP contribution >= 0.6 is 0 Å². The highest BCUT2D eigenvalue weighted by Crippen LogP contribution is 2.23. The van der Waals surface area contributed by atoms with E-state index in [0.717, 1.165) is 18.5 Å².